The molecule has 1 saturated carbocycles. The number of piperidine rings is 1. The first-order valence-electron chi connectivity index (χ1n) is 9.92. The van der Waals surface area contributed by atoms with E-state index in [1.54, 1.807) is 0 Å². The van der Waals surface area contributed by atoms with Crippen LogP contribution in [-0.2, 0) is 26.8 Å². The van der Waals surface area contributed by atoms with E-state index in [2.05, 4.69) is 33.9 Å². The van der Waals surface area contributed by atoms with Gasteiger partial charge in [-0.2, -0.15) is 4.31 Å². The molecular formula is C17H34NO9P3. The summed E-state index contributed by atoms with van der Waals surface area (Å²) in [4.78, 5) is 30.7. The number of rotatable bonds is 8. The zero-order chi connectivity index (χ0) is 23.1. The van der Waals surface area contributed by atoms with Crippen LogP contribution in [0.5, 0.6) is 0 Å². The van der Waals surface area contributed by atoms with Crippen molar-refractivity contribution in [2.75, 3.05) is 19.8 Å². The Hall–Kier alpha value is -0.0100. The monoisotopic (exact) mass is 489 g/mol. The van der Waals surface area contributed by atoms with Gasteiger partial charge in [-0.25, -0.2) is 13.4 Å². The van der Waals surface area contributed by atoms with Crippen LogP contribution in [0.2, 0.25) is 0 Å². The van der Waals surface area contributed by atoms with Gasteiger partial charge in [0.15, 0.2) is 0 Å². The average molecular weight is 489 g/mol. The second kappa shape index (κ2) is 9.09. The largest absolute Gasteiger partial charge is 0.488 e. The maximum Gasteiger partial charge on any atom is 0.488 e. The molecule has 30 heavy (non-hydrogen) atoms. The summed E-state index contributed by atoms with van der Waals surface area (Å²) in [6, 6.07) is 0.204. The van der Waals surface area contributed by atoms with Crippen molar-refractivity contribution in [3.8, 4) is 0 Å². The molecule has 1 aliphatic carbocycles. The molecule has 0 bridgehead atoms. The Labute approximate surface area is 178 Å². The van der Waals surface area contributed by atoms with Crippen LogP contribution in [-0.4, -0.2) is 45.4 Å². The minimum Gasteiger partial charge on any atom is -0.372 e. The van der Waals surface area contributed by atoms with Crippen LogP contribution in [0.15, 0.2) is 12.3 Å². The summed E-state index contributed by atoms with van der Waals surface area (Å²) in [5, 5.41) is 0. The van der Waals surface area contributed by atoms with E-state index in [1.807, 2.05) is 13.8 Å². The number of allylic oxidation sites excluding steroid dienone is 1. The molecule has 176 valence electrons. The highest BCUT2D eigenvalue weighted by Crippen LogP contribution is 2.67. The van der Waals surface area contributed by atoms with Gasteiger partial charge in [0.05, 0.1) is 6.61 Å². The van der Waals surface area contributed by atoms with Crippen LogP contribution in [0.25, 0.3) is 0 Å². The van der Waals surface area contributed by atoms with E-state index in [9.17, 15) is 23.5 Å². The molecule has 0 amide bonds. The Balaban J connectivity index is 2.06. The van der Waals surface area contributed by atoms with E-state index in [0.717, 1.165) is 25.1 Å². The van der Waals surface area contributed by atoms with Crippen molar-refractivity contribution in [2.24, 2.45) is 23.2 Å². The highest BCUT2D eigenvalue weighted by molar-refractivity contribution is 7.68. The Morgan fingerprint density at radius 3 is 2.30 bits per heavy atom. The third-order valence-electron chi connectivity index (χ3n) is 6.43. The molecular weight excluding hydrogens is 455 g/mol. The topological polar surface area (TPSA) is 143 Å². The van der Waals surface area contributed by atoms with Gasteiger partial charge in [-0.05, 0) is 42.4 Å². The second-order valence-corrected chi connectivity index (χ2v) is 14.2. The normalized spacial score (nSPS) is 38.7. The standard InChI is InChI=1S/C17H34NO9P3/c1-12-7-8-13(2)18(10-12)16-9-17(5,15(4)14(16)3)11-25-29(21,22)27-30(23,24)26-28(6,19)20/h12,14-16H,2,7-11H2,1,3-6H3,(H,19,20)(H,21,22)(H,23,24). The summed E-state index contributed by atoms with van der Waals surface area (Å²) >= 11 is 0. The molecule has 8 atom stereocenters. The number of hydrogen-bond acceptors (Lipinski definition) is 7. The molecule has 13 heteroatoms. The molecule has 2 fully saturated rings. The first-order valence-corrected chi connectivity index (χ1v) is 14.9. The fourth-order valence-corrected chi connectivity index (χ4v) is 8.08. The lowest BCUT2D eigenvalue weighted by atomic mass is 9.79. The summed E-state index contributed by atoms with van der Waals surface area (Å²) in [7, 11) is -14.7. The zero-order valence-electron chi connectivity index (χ0n) is 18.1. The maximum absolute atomic E-state index is 12.2. The van der Waals surface area contributed by atoms with Crippen molar-refractivity contribution >= 4 is 23.2 Å². The van der Waals surface area contributed by atoms with E-state index in [1.165, 1.54) is 0 Å². The molecule has 0 aromatic rings. The fourth-order valence-electron chi connectivity index (χ4n) is 4.47. The quantitative estimate of drug-likeness (QED) is 0.421. The molecule has 2 rings (SSSR count). The zero-order valence-corrected chi connectivity index (χ0v) is 20.8. The number of likely N-dealkylation sites (tertiary alicyclic amines) is 1. The van der Waals surface area contributed by atoms with Crippen LogP contribution in [0.4, 0.5) is 0 Å². The van der Waals surface area contributed by atoms with E-state index in [4.69, 9.17) is 9.42 Å². The lowest BCUT2D eigenvalue weighted by Gasteiger charge is -2.41. The average Bonchev–Trinajstić information content (AvgIpc) is 2.77. The van der Waals surface area contributed by atoms with Crippen LogP contribution >= 0.6 is 23.2 Å². The highest BCUT2D eigenvalue weighted by atomic mass is 31.3. The Bertz CT molecular complexity index is 799. The first kappa shape index (κ1) is 26.2. The number of nitrogens with zero attached hydrogens (tertiary/aromatic N) is 1. The predicted molar refractivity (Wildman–Crippen MR) is 113 cm³/mol. The Morgan fingerprint density at radius 1 is 1.13 bits per heavy atom. The van der Waals surface area contributed by atoms with Crippen molar-refractivity contribution in [3.63, 3.8) is 0 Å². The fraction of sp³-hybridized carbons (Fsp3) is 0.882. The van der Waals surface area contributed by atoms with Gasteiger partial charge in [0.1, 0.15) is 0 Å². The molecule has 1 saturated heterocycles. The summed E-state index contributed by atoms with van der Waals surface area (Å²) < 4.78 is 48.2. The second-order valence-electron chi connectivity index (χ2n) is 9.11. The van der Waals surface area contributed by atoms with Gasteiger partial charge < -0.3 is 19.6 Å². The molecule has 1 aliphatic heterocycles. The maximum atomic E-state index is 12.2. The number of phosphoric acid groups is 2. The molecule has 1 heterocycles. The minimum atomic E-state index is -5.27. The van der Waals surface area contributed by atoms with Crippen molar-refractivity contribution in [2.45, 2.75) is 53.0 Å². The summed E-state index contributed by atoms with van der Waals surface area (Å²) in [5.74, 6) is 0.956. The molecule has 10 nitrogen and oxygen atoms in total. The molecule has 0 aromatic heterocycles. The molecule has 0 radical (unpaired) electrons. The van der Waals surface area contributed by atoms with Crippen molar-refractivity contribution in [3.05, 3.63) is 12.3 Å². The Kier molecular flexibility index (Phi) is 7.95. The predicted octanol–water partition coefficient (Wildman–Crippen LogP) is 4.35. The molecule has 0 aromatic carbocycles. The van der Waals surface area contributed by atoms with Crippen molar-refractivity contribution in [1.82, 2.24) is 4.90 Å². The SMILES string of the molecule is C=C1CCC(C)CN1C1CC(C)(COP(=O)(O)OP(=O)(O)OP(C)(=O)O)C(C)C1C. The molecule has 8 unspecified atom stereocenters. The van der Waals surface area contributed by atoms with Crippen LogP contribution in [0.1, 0.15) is 47.0 Å². The summed E-state index contributed by atoms with van der Waals surface area (Å²) in [5.41, 5.74) is 0.606. The van der Waals surface area contributed by atoms with E-state index in [-0.39, 0.29) is 24.5 Å². The van der Waals surface area contributed by atoms with Crippen LogP contribution in [0.3, 0.4) is 0 Å². The van der Waals surface area contributed by atoms with Gasteiger partial charge in [0, 0.05) is 24.9 Å². The Morgan fingerprint density at radius 2 is 1.73 bits per heavy atom. The van der Waals surface area contributed by atoms with Gasteiger partial charge in [-0.15, -0.1) is 0 Å². The van der Waals surface area contributed by atoms with Crippen LogP contribution < -0.4 is 0 Å². The number of phosphoric ester groups is 1. The third-order valence-corrected chi connectivity index (χ3v) is 10.6. The number of hydrogen-bond donors (Lipinski definition) is 3. The van der Waals surface area contributed by atoms with E-state index < -0.39 is 28.7 Å². The van der Waals surface area contributed by atoms with Gasteiger partial charge in [-0.3, -0.25) is 9.09 Å². The lowest BCUT2D eigenvalue weighted by Crippen LogP contribution is -2.42. The van der Waals surface area contributed by atoms with Gasteiger partial charge >= 0.3 is 23.2 Å². The lowest BCUT2D eigenvalue weighted by molar-refractivity contribution is 0.0841. The molecule has 0 spiro atoms. The minimum absolute atomic E-state index is 0.123. The van der Waals surface area contributed by atoms with Crippen molar-refractivity contribution in [1.29, 1.82) is 0 Å². The smallest absolute Gasteiger partial charge is 0.372 e. The van der Waals surface area contributed by atoms with Gasteiger partial charge in [0.2, 0.25) is 0 Å². The van der Waals surface area contributed by atoms with Gasteiger partial charge in [0.25, 0.3) is 0 Å². The highest BCUT2D eigenvalue weighted by Gasteiger charge is 2.50. The summed E-state index contributed by atoms with van der Waals surface area (Å²) in [6.45, 7) is 13.9. The first-order chi connectivity index (χ1) is 13.4. The third kappa shape index (κ3) is 6.74. The van der Waals surface area contributed by atoms with E-state index >= 15 is 0 Å². The van der Waals surface area contributed by atoms with E-state index in [0.29, 0.717) is 19.0 Å². The van der Waals surface area contributed by atoms with Crippen molar-refractivity contribution < 1.29 is 41.5 Å². The summed E-state index contributed by atoms with van der Waals surface area (Å²) in [6.07, 6.45) is 2.75. The van der Waals surface area contributed by atoms with Gasteiger partial charge in [-0.1, -0.05) is 34.3 Å². The van der Waals surface area contributed by atoms with Crippen LogP contribution in [0, 0.1) is 23.2 Å². The molecule has 2 aliphatic rings. The molecule has 3 N–H and O–H groups in total.